The predicted molar refractivity (Wildman–Crippen MR) is 71.4 cm³/mol. The standard InChI is InChI=1S/C12H15N3O2S/c16-18(17)5-3-10(4-6-18)14-11-2-1-9-8-13-15-12(9)7-11/h1-2,7-8,10,14H,3-6H2,(H,13,15). The number of sulfone groups is 1. The summed E-state index contributed by atoms with van der Waals surface area (Å²) in [5.74, 6) is 0.577. The van der Waals surface area contributed by atoms with Gasteiger partial charge in [0.25, 0.3) is 0 Å². The highest BCUT2D eigenvalue weighted by atomic mass is 32.2. The van der Waals surface area contributed by atoms with Gasteiger partial charge in [-0.05, 0) is 31.0 Å². The van der Waals surface area contributed by atoms with Gasteiger partial charge in [0.2, 0.25) is 0 Å². The Bertz CT molecular complexity index is 649. The van der Waals surface area contributed by atoms with Crippen molar-refractivity contribution in [1.29, 1.82) is 0 Å². The summed E-state index contributed by atoms with van der Waals surface area (Å²) in [5.41, 5.74) is 2.00. The van der Waals surface area contributed by atoms with Gasteiger partial charge in [-0.15, -0.1) is 0 Å². The fraction of sp³-hybridized carbons (Fsp3) is 0.417. The van der Waals surface area contributed by atoms with E-state index in [1.807, 2.05) is 18.2 Å². The van der Waals surface area contributed by atoms with Crippen LogP contribution in [0.15, 0.2) is 24.4 Å². The van der Waals surface area contributed by atoms with E-state index in [0.717, 1.165) is 16.6 Å². The van der Waals surface area contributed by atoms with Gasteiger partial charge in [0.1, 0.15) is 9.84 Å². The summed E-state index contributed by atoms with van der Waals surface area (Å²) < 4.78 is 22.7. The Balaban J connectivity index is 1.72. The maximum Gasteiger partial charge on any atom is 0.150 e. The van der Waals surface area contributed by atoms with Crippen LogP contribution in [0, 0.1) is 0 Å². The van der Waals surface area contributed by atoms with Crippen molar-refractivity contribution in [2.45, 2.75) is 18.9 Å². The smallest absolute Gasteiger partial charge is 0.150 e. The minimum atomic E-state index is -2.79. The van der Waals surface area contributed by atoms with Crippen LogP contribution >= 0.6 is 0 Å². The van der Waals surface area contributed by atoms with Gasteiger partial charge in [0.05, 0.1) is 23.2 Å². The summed E-state index contributed by atoms with van der Waals surface area (Å²) in [6.45, 7) is 0. The summed E-state index contributed by atoms with van der Waals surface area (Å²) in [4.78, 5) is 0. The summed E-state index contributed by atoms with van der Waals surface area (Å²) >= 11 is 0. The fourth-order valence-electron chi connectivity index (χ4n) is 2.30. The van der Waals surface area contributed by atoms with Gasteiger partial charge in [0, 0.05) is 17.1 Å². The third kappa shape index (κ3) is 2.33. The van der Waals surface area contributed by atoms with E-state index in [-0.39, 0.29) is 17.5 Å². The monoisotopic (exact) mass is 265 g/mol. The third-order valence-electron chi connectivity index (χ3n) is 3.37. The molecule has 0 amide bonds. The van der Waals surface area contributed by atoms with Gasteiger partial charge >= 0.3 is 0 Å². The minimum absolute atomic E-state index is 0.244. The lowest BCUT2D eigenvalue weighted by atomic mass is 10.1. The fourth-order valence-corrected chi connectivity index (χ4v) is 3.79. The largest absolute Gasteiger partial charge is 0.382 e. The molecule has 1 fully saturated rings. The molecule has 96 valence electrons. The second kappa shape index (κ2) is 4.28. The molecule has 0 atom stereocenters. The highest BCUT2D eigenvalue weighted by molar-refractivity contribution is 7.91. The number of benzene rings is 1. The summed E-state index contributed by atoms with van der Waals surface area (Å²) in [6.07, 6.45) is 3.15. The Morgan fingerprint density at radius 1 is 1.28 bits per heavy atom. The van der Waals surface area contributed by atoms with Crippen molar-refractivity contribution in [2.75, 3.05) is 16.8 Å². The predicted octanol–water partition coefficient (Wildman–Crippen LogP) is 1.55. The van der Waals surface area contributed by atoms with Crippen LogP contribution in [0.25, 0.3) is 10.9 Å². The number of hydrogen-bond donors (Lipinski definition) is 2. The molecule has 0 unspecified atom stereocenters. The number of nitrogens with zero attached hydrogens (tertiary/aromatic N) is 1. The molecule has 0 aliphatic carbocycles. The first-order valence-electron chi connectivity index (χ1n) is 6.02. The van der Waals surface area contributed by atoms with E-state index in [2.05, 4.69) is 15.5 Å². The van der Waals surface area contributed by atoms with Crippen LogP contribution in [-0.4, -0.2) is 36.2 Å². The van der Waals surface area contributed by atoms with E-state index in [4.69, 9.17) is 0 Å². The minimum Gasteiger partial charge on any atom is -0.382 e. The number of anilines is 1. The molecule has 1 aliphatic rings. The number of hydrogen-bond acceptors (Lipinski definition) is 4. The lowest BCUT2D eigenvalue weighted by molar-refractivity contribution is 0.559. The van der Waals surface area contributed by atoms with E-state index < -0.39 is 9.84 Å². The molecule has 1 aromatic heterocycles. The first-order valence-corrected chi connectivity index (χ1v) is 7.85. The summed E-state index contributed by atoms with van der Waals surface area (Å²) in [5, 5.41) is 11.4. The highest BCUT2D eigenvalue weighted by Gasteiger charge is 2.23. The Morgan fingerprint density at radius 2 is 2.06 bits per heavy atom. The molecule has 0 bridgehead atoms. The lowest BCUT2D eigenvalue weighted by Gasteiger charge is -2.24. The van der Waals surface area contributed by atoms with Crippen molar-refractivity contribution in [2.24, 2.45) is 0 Å². The number of nitrogens with one attached hydrogen (secondary N) is 2. The van der Waals surface area contributed by atoms with Crippen LogP contribution in [0.4, 0.5) is 5.69 Å². The van der Waals surface area contributed by atoms with Crippen molar-refractivity contribution in [3.8, 4) is 0 Å². The Labute approximate surface area is 106 Å². The van der Waals surface area contributed by atoms with Crippen LogP contribution in [0.1, 0.15) is 12.8 Å². The van der Waals surface area contributed by atoms with Crippen molar-refractivity contribution in [1.82, 2.24) is 10.2 Å². The highest BCUT2D eigenvalue weighted by Crippen LogP contribution is 2.21. The SMILES string of the molecule is O=S1(=O)CCC(Nc2ccc3cn[nH]c3c2)CC1. The van der Waals surface area contributed by atoms with Crippen molar-refractivity contribution < 1.29 is 8.42 Å². The first-order chi connectivity index (χ1) is 8.62. The zero-order valence-electron chi connectivity index (χ0n) is 9.89. The molecule has 3 rings (SSSR count). The van der Waals surface area contributed by atoms with Gasteiger partial charge in [-0.25, -0.2) is 8.42 Å². The summed E-state index contributed by atoms with van der Waals surface area (Å²) in [7, 11) is -2.79. The molecular formula is C12H15N3O2S. The van der Waals surface area contributed by atoms with Gasteiger partial charge in [-0.2, -0.15) is 5.10 Å². The van der Waals surface area contributed by atoms with Gasteiger partial charge < -0.3 is 5.32 Å². The Hall–Kier alpha value is -1.56. The zero-order valence-corrected chi connectivity index (χ0v) is 10.7. The molecule has 2 N–H and O–H groups in total. The second-order valence-corrected chi connectivity index (χ2v) is 7.05. The van der Waals surface area contributed by atoms with E-state index >= 15 is 0 Å². The molecule has 0 spiro atoms. The maximum atomic E-state index is 11.3. The van der Waals surface area contributed by atoms with Crippen molar-refractivity contribution >= 4 is 26.4 Å². The molecular weight excluding hydrogens is 250 g/mol. The van der Waals surface area contributed by atoms with Gasteiger partial charge in [0.15, 0.2) is 0 Å². The molecule has 0 radical (unpaired) electrons. The molecule has 2 aromatic rings. The lowest BCUT2D eigenvalue weighted by Crippen LogP contribution is -2.32. The molecule has 18 heavy (non-hydrogen) atoms. The normalized spacial score (nSPS) is 20.0. The number of fused-ring (bicyclic) bond motifs is 1. The quantitative estimate of drug-likeness (QED) is 0.864. The number of H-pyrrole nitrogens is 1. The first kappa shape index (κ1) is 11.5. The Morgan fingerprint density at radius 3 is 2.83 bits per heavy atom. The third-order valence-corrected chi connectivity index (χ3v) is 5.08. The number of aromatic nitrogens is 2. The number of rotatable bonds is 2. The van der Waals surface area contributed by atoms with Crippen LogP contribution in [0.3, 0.4) is 0 Å². The molecule has 1 aliphatic heterocycles. The van der Waals surface area contributed by atoms with E-state index in [1.54, 1.807) is 6.20 Å². The topological polar surface area (TPSA) is 74.8 Å². The molecule has 1 saturated heterocycles. The molecule has 0 saturated carbocycles. The van der Waals surface area contributed by atoms with Crippen molar-refractivity contribution in [3.63, 3.8) is 0 Å². The second-order valence-electron chi connectivity index (χ2n) is 4.74. The zero-order chi connectivity index (χ0) is 12.6. The van der Waals surface area contributed by atoms with Gasteiger partial charge in [-0.3, -0.25) is 5.10 Å². The Kier molecular flexibility index (Phi) is 2.74. The van der Waals surface area contributed by atoms with Crippen LogP contribution in [0.2, 0.25) is 0 Å². The summed E-state index contributed by atoms with van der Waals surface area (Å²) in [6, 6.07) is 6.25. The average Bonchev–Trinajstić information content (AvgIpc) is 2.79. The molecule has 2 heterocycles. The molecule has 5 nitrogen and oxygen atoms in total. The van der Waals surface area contributed by atoms with Crippen molar-refractivity contribution in [3.05, 3.63) is 24.4 Å². The molecule has 1 aromatic carbocycles. The van der Waals surface area contributed by atoms with E-state index in [1.165, 1.54) is 0 Å². The van der Waals surface area contributed by atoms with Crippen LogP contribution in [-0.2, 0) is 9.84 Å². The van der Waals surface area contributed by atoms with E-state index in [9.17, 15) is 8.42 Å². The van der Waals surface area contributed by atoms with Crippen LogP contribution < -0.4 is 5.32 Å². The maximum absolute atomic E-state index is 11.3. The average molecular weight is 265 g/mol. The van der Waals surface area contributed by atoms with Crippen LogP contribution in [0.5, 0.6) is 0 Å². The number of aromatic amines is 1. The van der Waals surface area contributed by atoms with Gasteiger partial charge in [-0.1, -0.05) is 0 Å². The molecule has 6 heteroatoms. The van der Waals surface area contributed by atoms with E-state index in [0.29, 0.717) is 12.8 Å².